The summed E-state index contributed by atoms with van der Waals surface area (Å²) in [6.45, 7) is 0. The maximum Gasteiger partial charge on any atom is 0.160 e. The lowest BCUT2D eigenvalue weighted by Crippen LogP contribution is -2.27. The Labute approximate surface area is 400 Å². The first-order valence-electron chi connectivity index (χ1n) is 23.5. The van der Waals surface area contributed by atoms with Crippen LogP contribution in [0.15, 0.2) is 216 Å². The van der Waals surface area contributed by atoms with Crippen LogP contribution in [0.25, 0.3) is 112 Å². The van der Waals surface area contributed by atoms with Gasteiger partial charge in [-0.2, -0.15) is 0 Å². The van der Waals surface area contributed by atoms with Crippen molar-refractivity contribution in [1.29, 1.82) is 0 Å². The molecule has 13 aromatic rings. The van der Waals surface area contributed by atoms with Crippen molar-refractivity contribution in [3.8, 4) is 67.8 Å². The van der Waals surface area contributed by atoms with Crippen LogP contribution in [0.4, 0.5) is 0 Å². The predicted octanol–water partition coefficient (Wildman–Crippen LogP) is 14.8. The number of benzene rings is 7. The Bertz CT molecular complexity index is 4000. The number of fused-ring (bicyclic) bond motifs is 6. The van der Waals surface area contributed by atoms with Crippen LogP contribution < -0.4 is 0 Å². The number of hydrogen-bond donors (Lipinski definition) is 0. The van der Waals surface area contributed by atoms with Gasteiger partial charge in [-0.15, -0.1) is 0 Å². The van der Waals surface area contributed by atoms with E-state index in [0.29, 0.717) is 11.6 Å². The summed E-state index contributed by atoms with van der Waals surface area (Å²) in [7, 11) is 0. The number of pyridine rings is 2. The molecule has 7 aromatic carbocycles. The van der Waals surface area contributed by atoms with Crippen molar-refractivity contribution in [2.75, 3.05) is 0 Å². The molecule has 8 nitrogen and oxygen atoms in total. The summed E-state index contributed by atoms with van der Waals surface area (Å²) in [6.07, 6.45) is 7.25. The van der Waals surface area contributed by atoms with E-state index in [0.717, 1.165) is 100 Å². The number of para-hydroxylation sites is 2. The molecule has 3 aliphatic carbocycles. The molecular formula is C62H36N6O2. The minimum Gasteiger partial charge on any atom is -0.455 e. The van der Waals surface area contributed by atoms with Gasteiger partial charge in [0.25, 0.3) is 0 Å². The van der Waals surface area contributed by atoms with E-state index in [-0.39, 0.29) is 11.8 Å². The van der Waals surface area contributed by atoms with Gasteiger partial charge in [0.2, 0.25) is 0 Å². The highest BCUT2D eigenvalue weighted by Crippen LogP contribution is 2.57. The molecule has 2 atom stereocenters. The molecule has 2 unspecified atom stereocenters. The monoisotopic (exact) mass is 896 g/mol. The van der Waals surface area contributed by atoms with Gasteiger partial charge in [0.15, 0.2) is 11.6 Å². The lowest BCUT2D eigenvalue weighted by molar-refractivity contribution is 0.669. The molecular weight excluding hydrogens is 861 g/mol. The highest BCUT2D eigenvalue weighted by molar-refractivity contribution is 6.10. The van der Waals surface area contributed by atoms with Crippen LogP contribution in [-0.4, -0.2) is 29.9 Å². The molecule has 0 saturated heterocycles. The van der Waals surface area contributed by atoms with Crippen molar-refractivity contribution in [2.24, 2.45) is 0 Å². The molecule has 16 rings (SSSR count). The second-order valence-corrected chi connectivity index (χ2v) is 18.2. The molecule has 8 heteroatoms. The van der Waals surface area contributed by atoms with Crippen LogP contribution in [0.1, 0.15) is 45.2 Å². The summed E-state index contributed by atoms with van der Waals surface area (Å²) in [5.41, 5.74) is 20.0. The predicted molar refractivity (Wildman–Crippen MR) is 275 cm³/mol. The van der Waals surface area contributed by atoms with Crippen LogP contribution in [0.2, 0.25) is 0 Å². The zero-order chi connectivity index (χ0) is 45.9. The third-order valence-electron chi connectivity index (χ3n) is 14.3. The Balaban J connectivity index is 0.874. The molecule has 0 saturated carbocycles. The summed E-state index contributed by atoms with van der Waals surface area (Å²) >= 11 is 0. The van der Waals surface area contributed by atoms with Crippen LogP contribution in [0.5, 0.6) is 0 Å². The molecule has 0 fully saturated rings. The Kier molecular flexibility index (Phi) is 8.32. The average molecular weight is 897 g/mol. The lowest BCUT2D eigenvalue weighted by atomic mass is 9.60. The van der Waals surface area contributed by atoms with Gasteiger partial charge in [-0.25, -0.2) is 19.9 Å². The number of rotatable bonds is 6. The summed E-state index contributed by atoms with van der Waals surface area (Å²) in [5, 5.41) is 3.95. The number of hydrogen-bond acceptors (Lipinski definition) is 8. The Morgan fingerprint density at radius 2 is 0.743 bits per heavy atom. The molecule has 0 aliphatic heterocycles. The van der Waals surface area contributed by atoms with E-state index in [9.17, 15) is 0 Å². The van der Waals surface area contributed by atoms with E-state index in [1.165, 1.54) is 33.4 Å². The summed E-state index contributed by atoms with van der Waals surface area (Å²) in [5.74, 6) is 1.35. The second kappa shape index (κ2) is 15.1. The SMILES string of the molecule is c1ccc(-c2nc(-c3ccc4c(c3)C3c5ccccc5C4c4cc(-c5cc(-c6cccc7c6oc6ccncc67)nc(-c6ccccc6)n5)ccc43)cc(-c3cccc4c3oc3ccncc34)n2)cc1. The minimum atomic E-state index is 0.0222. The van der Waals surface area contributed by atoms with Crippen LogP contribution in [0.3, 0.4) is 0 Å². The lowest BCUT2D eigenvalue weighted by Gasteiger charge is -2.42. The van der Waals surface area contributed by atoms with Crippen molar-refractivity contribution in [2.45, 2.75) is 11.8 Å². The van der Waals surface area contributed by atoms with Crippen molar-refractivity contribution >= 4 is 43.9 Å². The topological polar surface area (TPSA) is 104 Å². The molecule has 6 heterocycles. The fourth-order valence-corrected chi connectivity index (χ4v) is 11.1. The fraction of sp³-hybridized carbons (Fsp3) is 0.0323. The largest absolute Gasteiger partial charge is 0.455 e. The zero-order valence-electron chi connectivity index (χ0n) is 37.3. The van der Waals surface area contributed by atoms with Gasteiger partial charge in [0.1, 0.15) is 22.3 Å². The molecule has 0 radical (unpaired) electrons. The standard InChI is InChI=1S/C62H36N6O2/c1-3-11-35(12-4-1)61-65-51(31-53(67-61)45-19-9-17-43-49-33-63-27-25-55(49)69-59(43)45)37-21-23-41-47(29-37)57-39-15-7-8-16-40(39)58(41)48-30-38(22-24-42(48)57)52-32-54(68-62(66-52)36-13-5-2-6-14-36)46-20-10-18-44-50-34-64-28-26-56(50)70-60(44)46/h1-34,57-58H. The molecule has 0 spiro atoms. The highest BCUT2D eigenvalue weighted by atomic mass is 16.3. The van der Waals surface area contributed by atoms with E-state index in [2.05, 4.69) is 143 Å². The Morgan fingerprint density at radius 3 is 1.21 bits per heavy atom. The van der Waals surface area contributed by atoms with Gasteiger partial charge >= 0.3 is 0 Å². The molecule has 2 bridgehead atoms. The molecule has 326 valence electrons. The van der Waals surface area contributed by atoms with E-state index in [4.69, 9.17) is 28.8 Å². The first-order valence-corrected chi connectivity index (χ1v) is 23.5. The molecule has 70 heavy (non-hydrogen) atoms. The third kappa shape index (κ3) is 5.90. The highest BCUT2D eigenvalue weighted by Gasteiger charge is 2.41. The summed E-state index contributed by atoms with van der Waals surface area (Å²) in [6, 6.07) is 63.7. The van der Waals surface area contributed by atoms with E-state index >= 15 is 0 Å². The molecule has 0 N–H and O–H groups in total. The van der Waals surface area contributed by atoms with Gasteiger partial charge in [-0.05, 0) is 81.9 Å². The second-order valence-electron chi connectivity index (χ2n) is 18.2. The van der Waals surface area contributed by atoms with Crippen molar-refractivity contribution in [3.63, 3.8) is 0 Å². The fourth-order valence-electron chi connectivity index (χ4n) is 11.1. The van der Waals surface area contributed by atoms with Crippen LogP contribution >= 0.6 is 0 Å². The molecule has 3 aliphatic rings. The normalized spacial score (nSPS) is 14.6. The smallest absolute Gasteiger partial charge is 0.160 e. The van der Waals surface area contributed by atoms with Crippen molar-refractivity contribution in [1.82, 2.24) is 29.9 Å². The van der Waals surface area contributed by atoms with Gasteiger partial charge in [-0.1, -0.05) is 133 Å². The quantitative estimate of drug-likeness (QED) is 0.163. The van der Waals surface area contributed by atoms with E-state index < -0.39 is 0 Å². The van der Waals surface area contributed by atoms with Gasteiger partial charge in [0.05, 0.1) is 22.8 Å². The van der Waals surface area contributed by atoms with Gasteiger partial charge in [0, 0.05) is 91.5 Å². The van der Waals surface area contributed by atoms with Gasteiger partial charge in [-0.3, -0.25) is 9.97 Å². The van der Waals surface area contributed by atoms with Crippen molar-refractivity contribution < 1.29 is 8.83 Å². The Morgan fingerprint density at radius 1 is 0.314 bits per heavy atom. The average Bonchev–Trinajstić information content (AvgIpc) is 4.02. The number of furan rings is 2. The number of aromatic nitrogens is 6. The third-order valence-corrected chi connectivity index (χ3v) is 14.3. The summed E-state index contributed by atoms with van der Waals surface area (Å²) < 4.78 is 13.0. The first kappa shape index (κ1) is 38.7. The molecule has 6 aromatic heterocycles. The number of nitrogens with zero attached hydrogens (tertiary/aromatic N) is 6. The van der Waals surface area contributed by atoms with Crippen LogP contribution in [0, 0.1) is 0 Å². The first-order chi connectivity index (χ1) is 34.7. The minimum absolute atomic E-state index is 0.0222. The van der Waals surface area contributed by atoms with Gasteiger partial charge < -0.3 is 8.83 Å². The maximum atomic E-state index is 6.50. The summed E-state index contributed by atoms with van der Waals surface area (Å²) in [4.78, 5) is 29.7. The molecule has 0 amide bonds. The Hall–Kier alpha value is -9.40. The maximum absolute atomic E-state index is 6.50. The van der Waals surface area contributed by atoms with Crippen molar-refractivity contribution in [3.05, 3.63) is 240 Å². The zero-order valence-corrected chi connectivity index (χ0v) is 37.3. The van der Waals surface area contributed by atoms with Crippen LogP contribution in [-0.2, 0) is 0 Å². The van der Waals surface area contributed by atoms with E-state index in [1.54, 1.807) is 12.4 Å². The van der Waals surface area contributed by atoms with E-state index in [1.807, 2.05) is 60.9 Å².